The highest BCUT2D eigenvalue weighted by Gasteiger charge is 2.25. The van der Waals surface area contributed by atoms with Crippen molar-refractivity contribution in [2.24, 2.45) is 11.8 Å². The number of hydrogen-bond donors (Lipinski definition) is 2. The Labute approximate surface area is 93.7 Å². The van der Waals surface area contributed by atoms with Crippen LogP contribution in [0.15, 0.2) is 0 Å². The van der Waals surface area contributed by atoms with Gasteiger partial charge in [-0.15, -0.1) is 0 Å². The normalized spacial score (nSPS) is 20.8. The van der Waals surface area contributed by atoms with Crippen molar-refractivity contribution < 1.29 is 4.74 Å². The molecule has 0 heterocycles. The second-order valence-corrected chi connectivity index (χ2v) is 5.42. The van der Waals surface area contributed by atoms with E-state index >= 15 is 0 Å². The number of nitrogens with two attached hydrogens (primary N) is 1. The third-order valence-corrected chi connectivity index (χ3v) is 3.62. The van der Waals surface area contributed by atoms with Crippen LogP contribution in [0, 0.1) is 5.92 Å². The molecule has 1 rings (SSSR count). The molecule has 0 saturated heterocycles. The Morgan fingerprint density at radius 1 is 1.40 bits per heavy atom. The second-order valence-electron chi connectivity index (χ2n) is 5.42. The van der Waals surface area contributed by atoms with E-state index in [-0.39, 0.29) is 5.60 Å². The van der Waals surface area contributed by atoms with Gasteiger partial charge in [0.1, 0.15) is 0 Å². The van der Waals surface area contributed by atoms with Gasteiger partial charge >= 0.3 is 0 Å². The zero-order chi connectivity index (χ0) is 11.3. The summed E-state index contributed by atoms with van der Waals surface area (Å²) in [5.74, 6) is 6.48. The molecule has 1 aliphatic rings. The summed E-state index contributed by atoms with van der Waals surface area (Å²) < 4.78 is 5.44. The van der Waals surface area contributed by atoms with Crippen LogP contribution in [-0.4, -0.2) is 18.8 Å². The summed E-state index contributed by atoms with van der Waals surface area (Å²) in [6.07, 6.45) is 7.74. The summed E-state index contributed by atoms with van der Waals surface area (Å²) in [5, 5.41) is 0. The molecule has 0 aromatic heterocycles. The van der Waals surface area contributed by atoms with Crippen LogP contribution < -0.4 is 11.3 Å². The standard InChI is InChI=1S/C12H26N2O/c1-12(2,15-3)9-11(14-13)8-10-6-4-5-7-10/h10-11,14H,4-9,13H2,1-3H3. The molecule has 0 radical (unpaired) electrons. The Hall–Kier alpha value is -0.120. The Kier molecular flexibility index (Phi) is 5.03. The number of methoxy groups -OCH3 is 1. The van der Waals surface area contributed by atoms with Gasteiger partial charge in [-0.3, -0.25) is 11.3 Å². The van der Waals surface area contributed by atoms with Gasteiger partial charge in [-0.25, -0.2) is 0 Å². The van der Waals surface area contributed by atoms with Gasteiger partial charge in [0, 0.05) is 13.2 Å². The summed E-state index contributed by atoms with van der Waals surface area (Å²) in [6, 6.07) is 0.392. The maximum atomic E-state index is 5.61. The molecule has 1 aliphatic carbocycles. The molecule has 1 fully saturated rings. The first-order valence-corrected chi connectivity index (χ1v) is 6.08. The van der Waals surface area contributed by atoms with E-state index in [1.807, 2.05) is 0 Å². The van der Waals surface area contributed by atoms with Crippen molar-refractivity contribution >= 4 is 0 Å². The number of hydrazine groups is 1. The molecule has 0 amide bonds. The number of ether oxygens (including phenoxy) is 1. The van der Waals surface area contributed by atoms with E-state index in [0.29, 0.717) is 6.04 Å². The average Bonchev–Trinajstić information content (AvgIpc) is 2.69. The number of hydrogen-bond acceptors (Lipinski definition) is 3. The smallest absolute Gasteiger partial charge is 0.0638 e. The Balaban J connectivity index is 2.34. The van der Waals surface area contributed by atoms with Crippen molar-refractivity contribution in [2.45, 2.75) is 64.0 Å². The van der Waals surface area contributed by atoms with Crippen LogP contribution in [0.4, 0.5) is 0 Å². The van der Waals surface area contributed by atoms with Gasteiger partial charge in [0.05, 0.1) is 5.60 Å². The molecule has 0 aromatic rings. The third kappa shape index (κ3) is 4.49. The van der Waals surface area contributed by atoms with E-state index in [9.17, 15) is 0 Å². The topological polar surface area (TPSA) is 47.3 Å². The first kappa shape index (κ1) is 12.9. The molecule has 0 spiro atoms. The molecule has 1 saturated carbocycles. The first-order chi connectivity index (χ1) is 7.07. The molecule has 1 atom stereocenters. The quantitative estimate of drug-likeness (QED) is 0.526. The predicted molar refractivity (Wildman–Crippen MR) is 63.4 cm³/mol. The maximum absolute atomic E-state index is 5.61. The van der Waals surface area contributed by atoms with E-state index in [1.165, 1.54) is 32.1 Å². The lowest BCUT2D eigenvalue weighted by Gasteiger charge is -2.29. The molecule has 3 N–H and O–H groups in total. The maximum Gasteiger partial charge on any atom is 0.0638 e. The van der Waals surface area contributed by atoms with Gasteiger partial charge in [-0.05, 0) is 32.6 Å². The highest BCUT2D eigenvalue weighted by molar-refractivity contribution is 4.80. The highest BCUT2D eigenvalue weighted by Crippen LogP contribution is 2.30. The van der Waals surface area contributed by atoms with Crippen LogP contribution >= 0.6 is 0 Å². The highest BCUT2D eigenvalue weighted by atomic mass is 16.5. The van der Waals surface area contributed by atoms with Crippen LogP contribution in [0.5, 0.6) is 0 Å². The van der Waals surface area contributed by atoms with Crippen molar-refractivity contribution in [3.63, 3.8) is 0 Å². The summed E-state index contributed by atoms with van der Waals surface area (Å²) in [7, 11) is 1.77. The lowest BCUT2D eigenvalue weighted by molar-refractivity contribution is 0.00505. The van der Waals surface area contributed by atoms with E-state index in [4.69, 9.17) is 10.6 Å². The Morgan fingerprint density at radius 3 is 2.47 bits per heavy atom. The van der Waals surface area contributed by atoms with Gasteiger partial charge in [0.15, 0.2) is 0 Å². The largest absolute Gasteiger partial charge is 0.379 e. The number of nitrogens with one attached hydrogen (secondary N) is 1. The van der Waals surface area contributed by atoms with Crippen LogP contribution in [0.25, 0.3) is 0 Å². The third-order valence-electron chi connectivity index (χ3n) is 3.62. The predicted octanol–water partition coefficient (Wildman–Crippen LogP) is 2.21. The van der Waals surface area contributed by atoms with E-state index in [2.05, 4.69) is 19.3 Å². The zero-order valence-corrected chi connectivity index (χ0v) is 10.4. The minimum Gasteiger partial charge on any atom is -0.379 e. The van der Waals surface area contributed by atoms with Crippen molar-refractivity contribution in [3.05, 3.63) is 0 Å². The van der Waals surface area contributed by atoms with Crippen molar-refractivity contribution in [1.29, 1.82) is 0 Å². The molecular weight excluding hydrogens is 188 g/mol. The average molecular weight is 214 g/mol. The monoisotopic (exact) mass is 214 g/mol. The summed E-state index contributed by atoms with van der Waals surface area (Å²) in [4.78, 5) is 0. The van der Waals surface area contributed by atoms with E-state index in [0.717, 1.165) is 12.3 Å². The van der Waals surface area contributed by atoms with Crippen LogP contribution in [0.1, 0.15) is 52.4 Å². The summed E-state index contributed by atoms with van der Waals surface area (Å²) in [6.45, 7) is 4.23. The zero-order valence-electron chi connectivity index (χ0n) is 10.4. The molecule has 15 heavy (non-hydrogen) atoms. The minimum absolute atomic E-state index is 0.0738. The van der Waals surface area contributed by atoms with Crippen LogP contribution in [0.3, 0.4) is 0 Å². The lowest BCUT2D eigenvalue weighted by Crippen LogP contribution is -2.42. The van der Waals surface area contributed by atoms with Gasteiger partial charge in [-0.1, -0.05) is 25.7 Å². The SMILES string of the molecule is COC(C)(C)CC(CC1CCCC1)NN. The van der Waals surface area contributed by atoms with E-state index in [1.54, 1.807) is 7.11 Å². The van der Waals surface area contributed by atoms with Crippen molar-refractivity contribution in [3.8, 4) is 0 Å². The van der Waals surface area contributed by atoms with E-state index < -0.39 is 0 Å². The molecule has 0 aliphatic heterocycles. The number of rotatable bonds is 6. The molecule has 90 valence electrons. The van der Waals surface area contributed by atoms with Crippen LogP contribution in [-0.2, 0) is 4.74 Å². The molecule has 3 heteroatoms. The minimum atomic E-state index is -0.0738. The molecule has 0 aromatic carbocycles. The van der Waals surface area contributed by atoms with Gasteiger partial charge in [0.2, 0.25) is 0 Å². The molecule has 3 nitrogen and oxygen atoms in total. The first-order valence-electron chi connectivity index (χ1n) is 6.08. The molecular formula is C12H26N2O. The summed E-state index contributed by atoms with van der Waals surface area (Å²) in [5.41, 5.74) is 2.87. The van der Waals surface area contributed by atoms with Crippen molar-refractivity contribution in [1.82, 2.24) is 5.43 Å². The molecule has 0 bridgehead atoms. The Morgan fingerprint density at radius 2 is 2.00 bits per heavy atom. The summed E-state index contributed by atoms with van der Waals surface area (Å²) >= 11 is 0. The fraction of sp³-hybridized carbons (Fsp3) is 1.00. The lowest BCUT2D eigenvalue weighted by atomic mass is 9.91. The second kappa shape index (κ2) is 5.83. The van der Waals surface area contributed by atoms with Crippen molar-refractivity contribution in [2.75, 3.05) is 7.11 Å². The Bertz CT molecular complexity index is 176. The fourth-order valence-corrected chi connectivity index (χ4v) is 2.54. The molecule has 1 unspecified atom stereocenters. The van der Waals surface area contributed by atoms with Gasteiger partial charge in [0.25, 0.3) is 0 Å². The van der Waals surface area contributed by atoms with Gasteiger partial charge in [-0.2, -0.15) is 0 Å². The fourth-order valence-electron chi connectivity index (χ4n) is 2.54. The van der Waals surface area contributed by atoms with Gasteiger partial charge < -0.3 is 4.74 Å². The van der Waals surface area contributed by atoms with Crippen LogP contribution in [0.2, 0.25) is 0 Å².